The number of aromatic nitrogens is 3. The molecule has 0 saturated heterocycles. The molecule has 0 aliphatic heterocycles. The quantitative estimate of drug-likeness (QED) is 0.145. The Bertz CT molecular complexity index is 1370. The van der Waals surface area contributed by atoms with Crippen LogP contribution in [-0.2, 0) is 13.0 Å². The molecule has 0 radical (unpaired) electrons. The Hall–Kier alpha value is -4.08. The van der Waals surface area contributed by atoms with Crippen LogP contribution in [0.5, 0.6) is 5.75 Å². The number of ether oxygens (including phenoxy) is 1. The first-order valence-corrected chi connectivity index (χ1v) is 13.6. The summed E-state index contributed by atoms with van der Waals surface area (Å²) in [5.41, 5.74) is 25.7. The molecule has 5 rings (SSSR count). The number of nitrogens with two attached hydrogens (primary N) is 4. The van der Waals surface area contributed by atoms with E-state index in [0.29, 0.717) is 42.8 Å². The molecular formula is C30H38N8O. The average Bonchev–Trinajstić information content (AvgIpc) is 3.58. The zero-order valence-corrected chi connectivity index (χ0v) is 22.2. The van der Waals surface area contributed by atoms with Gasteiger partial charge in [-0.05, 0) is 85.0 Å². The molecule has 0 spiro atoms. The van der Waals surface area contributed by atoms with Crippen LogP contribution in [0.1, 0.15) is 53.9 Å². The van der Waals surface area contributed by atoms with Gasteiger partial charge in [-0.1, -0.05) is 42.5 Å². The van der Waals surface area contributed by atoms with Gasteiger partial charge < -0.3 is 27.4 Å². The van der Waals surface area contributed by atoms with Crippen LogP contribution < -0.4 is 33.2 Å². The van der Waals surface area contributed by atoms with E-state index in [9.17, 15) is 0 Å². The van der Waals surface area contributed by atoms with Gasteiger partial charge in [-0.2, -0.15) is 5.10 Å². The minimum atomic E-state index is -0.0836. The number of pyridine rings is 1. The van der Waals surface area contributed by atoms with Crippen molar-refractivity contribution in [3.8, 4) is 5.75 Å². The number of rotatable bonds is 11. The minimum Gasteiger partial charge on any atom is -0.490 e. The normalized spacial score (nSPS) is 17.7. The zero-order valence-electron chi connectivity index (χ0n) is 22.2. The van der Waals surface area contributed by atoms with Crippen molar-refractivity contribution in [2.24, 2.45) is 17.5 Å². The highest BCUT2D eigenvalue weighted by molar-refractivity contribution is 5.70. The molecular weight excluding hydrogens is 488 g/mol. The van der Waals surface area contributed by atoms with Crippen molar-refractivity contribution in [3.63, 3.8) is 0 Å². The third-order valence-electron chi connectivity index (χ3n) is 7.59. The summed E-state index contributed by atoms with van der Waals surface area (Å²) in [6.07, 6.45) is 9.37. The molecule has 9 nitrogen and oxygen atoms in total. The van der Waals surface area contributed by atoms with Gasteiger partial charge >= 0.3 is 0 Å². The van der Waals surface area contributed by atoms with Crippen LogP contribution in [-0.4, -0.2) is 27.4 Å². The van der Waals surface area contributed by atoms with E-state index in [4.69, 9.17) is 27.8 Å². The minimum absolute atomic E-state index is 0.0836. The lowest BCUT2D eigenvalue weighted by molar-refractivity contribution is 0.158. The van der Waals surface area contributed by atoms with Gasteiger partial charge in [-0.15, -0.1) is 0 Å². The third-order valence-corrected chi connectivity index (χ3v) is 7.59. The second-order valence-corrected chi connectivity index (χ2v) is 10.3. The first-order valence-electron chi connectivity index (χ1n) is 13.6. The van der Waals surface area contributed by atoms with E-state index in [-0.39, 0.29) is 12.0 Å². The van der Waals surface area contributed by atoms with Gasteiger partial charge in [-0.25, -0.2) is 10.8 Å². The molecule has 2 heterocycles. The number of nitrogen functional groups attached to an aromatic ring is 3. The van der Waals surface area contributed by atoms with Crippen LogP contribution in [0.15, 0.2) is 73.1 Å². The maximum Gasteiger partial charge on any atom is 0.165 e. The van der Waals surface area contributed by atoms with Crippen LogP contribution in [0, 0.1) is 5.92 Å². The molecule has 1 aliphatic rings. The number of hydrogen-bond donors (Lipinski definition) is 5. The van der Waals surface area contributed by atoms with Crippen molar-refractivity contribution in [2.75, 3.05) is 23.4 Å². The number of anilines is 3. The second kappa shape index (κ2) is 12.2. The van der Waals surface area contributed by atoms with Crippen molar-refractivity contribution in [2.45, 2.75) is 50.7 Å². The van der Waals surface area contributed by atoms with Crippen LogP contribution >= 0.6 is 0 Å². The summed E-state index contributed by atoms with van der Waals surface area (Å²) in [5, 5.41) is 4.63. The van der Waals surface area contributed by atoms with Gasteiger partial charge in [0, 0.05) is 12.1 Å². The Labute approximate surface area is 229 Å². The van der Waals surface area contributed by atoms with Crippen LogP contribution in [0.4, 0.5) is 17.3 Å². The molecule has 4 aromatic rings. The Balaban J connectivity index is 1.29. The van der Waals surface area contributed by atoms with Crippen molar-refractivity contribution >= 4 is 17.3 Å². The second-order valence-electron chi connectivity index (χ2n) is 10.3. The smallest absolute Gasteiger partial charge is 0.165 e. The standard InChI is InChI=1S/C30H38N8O/c31-13-12-25(26-16-28(32)36-30(37-34)29(26)33)23-17-35-38(19-23)18-21-8-4-10-24(15-21)39-27-11-5-9-22(27)14-20-6-2-1-3-7-20/h1-4,6-8,10,15-17,19,22,25,27H,5,9,11-14,18,31,33-34H2,(H3,32,36,37)/t22?,25-,27?/m0/s1. The molecule has 2 unspecified atom stereocenters. The van der Waals surface area contributed by atoms with E-state index in [1.165, 1.54) is 18.4 Å². The number of nitrogens with one attached hydrogen (secondary N) is 1. The van der Waals surface area contributed by atoms with E-state index in [1.54, 1.807) is 6.07 Å². The van der Waals surface area contributed by atoms with Crippen molar-refractivity contribution in [1.29, 1.82) is 0 Å². The molecule has 204 valence electrons. The van der Waals surface area contributed by atoms with Crippen molar-refractivity contribution < 1.29 is 4.74 Å². The molecule has 0 amide bonds. The maximum absolute atomic E-state index is 6.53. The summed E-state index contributed by atoms with van der Waals surface area (Å²) in [4.78, 5) is 4.17. The van der Waals surface area contributed by atoms with Gasteiger partial charge in [0.05, 0.1) is 18.4 Å². The van der Waals surface area contributed by atoms with Crippen LogP contribution in [0.2, 0.25) is 0 Å². The molecule has 1 aliphatic carbocycles. The molecule has 2 aromatic heterocycles. The highest BCUT2D eigenvalue weighted by Crippen LogP contribution is 2.36. The largest absolute Gasteiger partial charge is 0.490 e. The predicted octanol–water partition coefficient (Wildman–Crippen LogP) is 4.05. The molecule has 0 bridgehead atoms. The van der Waals surface area contributed by atoms with Crippen molar-refractivity contribution in [3.05, 3.63) is 95.3 Å². The van der Waals surface area contributed by atoms with Gasteiger partial charge in [0.25, 0.3) is 0 Å². The number of hydrogen-bond acceptors (Lipinski definition) is 8. The molecule has 9 N–H and O–H groups in total. The Morgan fingerprint density at radius 1 is 1.03 bits per heavy atom. The van der Waals surface area contributed by atoms with Gasteiger partial charge in [0.2, 0.25) is 0 Å². The third kappa shape index (κ3) is 6.32. The predicted molar refractivity (Wildman–Crippen MR) is 156 cm³/mol. The van der Waals surface area contributed by atoms with E-state index in [2.05, 4.69) is 64.0 Å². The molecule has 1 saturated carbocycles. The summed E-state index contributed by atoms with van der Waals surface area (Å²) in [7, 11) is 0. The summed E-state index contributed by atoms with van der Waals surface area (Å²) in [6.45, 7) is 1.10. The Kier molecular flexibility index (Phi) is 8.29. The Morgan fingerprint density at radius 3 is 2.64 bits per heavy atom. The summed E-state index contributed by atoms with van der Waals surface area (Å²) in [5.74, 6) is 7.65. The Morgan fingerprint density at radius 2 is 1.85 bits per heavy atom. The fourth-order valence-corrected chi connectivity index (χ4v) is 5.70. The van der Waals surface area contributed by atoms with Gasteiger partial charge in [0.1, 0.15) is 17.7 Å². The SMILES string of the molecule is NCC[C@@H](c1cnn(Cc2cccc(OC3CCCC3Cc3ccccc3)c2)c1)c1cc(N)nc(NN)c1N. The van der Waals surface area contributed by atoms with Crippen LogP contribution in [0.25, 0.3) is 0 Å². The monoisotopic (exact) mass is 526 g/mol. The molecule has 3 atom stereocenters. The van der Waals surface area contributed by atoms with Gasteiger partial charge in [0.15, 0.2) is 5.82 Å². The summed E-state index contributed by atoms with van der Waals surface area (Å²) in [6, 6.07) is 20.8. The lowest BCUT2D eigenvalue weighted by Gasteiger charge is -2.22. The van der Waals surface area contributed by atoms with Gasteiger partial charge in [-0.3, -0.25) is 4.68 Å². The first kappa shape index (κ1) is 26.5. The van der Waals surface area contributed by atoms with E-state index < -0.39 is 0 Å². The highest BCUT2D eigenvalue weighted by Gasteiger charge is 2.29. The number of hydrazine groups is 1. The summed E-state index contributed by atoms with van der Waals surface area (Å²) >= 11 is 0. The number of nitrogens with zero attached hydrogens (tertiary/aromatic N) is 3. The van der Waals surface area contributed by atoms with Crippen LogP contribution in [0.3, 0.4) is 0 Å². The fourth-order valence-electron chi connectivity index (χ4n) is 5.70. The van der Waals surface area contributed by atoms with E-state index in [0.717, 1.165) is 35.3 Å². The highest BCUT2D eigenvalue weighted by atomic mass is 16.5. The lowest BCUT2D eigenvalue weighted by Crippen LogP contribution is -2.23. The topological polar surface area (TPSA) is 156 Å². The molecule has 1 fully saturated rings. The lowest BCUT2D eigenvalue weighted by atomic mass is 9.89. The molecule has 39 heavy (non-hydrogen) atoms. The molecule has 2 aromatic carbocycles. The van der Waals surface area contributed by atoms with Crippen molar-refractivity contribution in [1.82, 2.24) is 14.8 Å². The fraction of sp³-hybridized carbons (Fsp3) is 0.333. The van der Waals surface area contributed by atoms with E-state index >= 15 is 0 Å². The van der Waals surface area contributed by atoms with E-state index in [1.807, 2.05) is 23.1 Å². The number of benzene rings is 2. The average molecular weight is 527 g/mol. The zero-order chi connectivity index (χ0) is 27.2. The first-order chi connectivity index (χ1) is 19.0. The molecule has 9 heteroatoms. The maximum atomic E-state index is 6.53. The summed E-state index contributed by atoms with van der Waals surface area (Å²) < 4.78 is 8.45.